The Balaban J connectivity index is 1.06. The number of aromatic nitrogens is 6. The molecule has 248 valence electrons. The molecule has 0 bridgehead atoms. The number of aliphatic hydroxyl groups is 2. The van der Waals surface area contributed by atoms with Crippen LogP contribution in [0.4, 0.5) is 23.3 Å². The number of rotatable bonds is 9. The number of nitrogens with one attached hydrogen (secondary N) is 3. The molecule has 7 atom stereocenters. The number of aromatic amines is 1. The van der Waals surface area contributed by atoms with Gasteiger partial charge in [-0.3, -0.25) is 23.4 Å². The van der Waals surface area contributed by atoms with Crippen molar-refractivity contribution in [2.75, 3.05) is 35.3 Å². The summed E-state index contributed by atoms with van der Waals surface area (Å²) in [6.45, 7) is -1.62. The molecular formula is C20H24N10O12P2S2. The Morgan fingerprint density at radius 3 is 2.50 bits per heavy atom. The minimum atomic E-state index is -5.34. The predicted molar refractivity (Wildman–Crippen MR) is 162 cm³/mol. The van der Waals surface area contributed by atoms with Crippen LogP contribution in [0.25, 0.3) is 11.2 Å². The highest BCUT2D eigenvalue weighted by Crippen LogP contribution is 2.61. The Hall–Kier alpha value is -3.25. The number of thiol groups is 2. The summed E-state index contributed by atoms with van der Waals surface area (Å²) in [6, 6.07) is 0. The summed E-state index contributed by atoms with van der Waals surface area (Å²) in [6.07, 6.45) is -4.70. The summed E-state index contributed by atoms with van der Waals surface area (Å²) in [7, 11) is -10.7. The smallest absolute Gasteiger partial charge is 0.466 e. The van der Waals surface area contributed by atoms with Gasteiger partial charge in [0, 0.05) is 9.81 Å². The van der Waals surface area contributed by atoms with Crippen molar-refractivity contribution in [2.45, 2.75) is 30.6 Å². The maximum atomic E-state index is 12.6. The van der Waals surface area contributed by atoms with Crippen LogP contribution in [0.15, 0.2) is 38.8 Å². The van der Waals surface area contributed by atoms with Crippen LogP contribution < -0.4 is 27.7 Å². The van der Waals surface area contributed by atoms with Crippen molar-refractivity contribution in [2.24, 2.45) is 0 Å². The molecule has 0 spiro atoms. The Bertz CT molecular complexity index is 1940. The van der Waals surface area contributed by atoms with Crippen LogP contribution in [0.1, 0.15) is 6.23 Å². The van der Waals surface area contributed by atoms with Gasteiger partial charge in [-0.05, 0) is 0 Å². The zero-order valence-corrected chi connectivity index (χ0v) is 26.3. The number of anilines is 4. The number of hydrogen-bond donors (Lipinski definition) is 11. The van der Waals surface area contributed by atoms with Gasteiger partial charge in [0.15, 0.2) is 29.6 Å². The minimum Gasteiger partial charge on any atom is -0.466 e. The molecule has 3 aromatic rings. The number of ether oxygens (including phenoxy) is 2. The molecule has 46 heavy (non-hydrogen) atoms. The summed E-state index contributed by atoms with van der Waals surface area (Å²) in [5, 5.41) is 26.5. The molecule has 6 rings (SSSR count). The van der Waals surface area contributed by atoms with E-state index in [1.165, 1.54) is 10.9 Å². The number of phosphoric acid groups is 2. The number of hydrogen-bond acceptors (Lipinski definition) is 20. The molecule has 26 heteroatoms. The van der Waals surface area contributed by atoms with E-state index in [-0.39, 0.29) is 55.8 Å². The summed E-state index contributed by atoms with van der Waals surface area (Å²) in [5.41, 5.74) is 11.3. The molecule has 3 aliphatic heterocycles. The average Bonchev–Trinajstić information content (AvgIpc) is 3.53. The van der Waals surface area contributed by atoms with Crippen molar-refractivity contribution in [3.05, 3.63) is 44.4 Å². The lowest BCUT2D eigenvalue weighted by Crippen LogP contribution is -2.34. The topological polar surface area (TPSA) is 327 Å². The normalized spacial score (nSPS) is 26.9. The standard InChI is InChI=1S/C20H24N10O12P2S2/c21-14-8-16(24-3-23-14)30(4-25-8)19-11(32)10(31)5(41-19)1-38-43(34,35)42-44(36,37)39-2-6-12(45)13(46)7-18(40-6)27-15-9(26-7)17(33)29-20(22)28-15/h3-6,10-11,19,26,31-32,45-46H,1-2H2,(H,34,35)(H,36,37)(H2,21,23,24)(H4,22,27,28,29,33)/t5-,6?,10-,11-,19-/m1/s1. The summed E-state index contributed by atoms with van der Waals surface area (Å²) in [4.78, 5) is 50.9. The maximum Gasteiger partial charge on any atom is 0.481 e. The van der Waals surface area contributed by atoms with Gasteiger partial charge in [0.25, 0.3) is 5.56 Å². The van der Waals surface area contributed by atoms with Gasteiger partial charge in [0.2, 0.25) is 11.8 Å². The number of nitrogen functional groups attached to an aromatic ring is 2. The van der Waals surface area contributed by atoms with Crippen LogP contribution >= 0.6 is 40.9 Å². The van der Waals surface area contributed by atoms with E-state index < -0.39 is 65.1 Å². The molecular weight excluding hydrogens is 698 g/mol. The highest BCUT2D eigenvalue weighted by atomic mass is 32.1. The maximum absolute atomic E-state index is 12.6. The number of fused-ring (bicyclic) bond motifs is 2. The van der Waals surface area contributed by atoms with Crippen molar-refractivity contribution in [3.8, 4) is 0 Å². The van der Waals surface area contributed by atoms with Gasteiger partial charge in [0.1, 0.15) is 48.1 Å². The second-order valence-corrected chi connectivity index (χ2v) is 13.7. The summed E-state index contributed by atoms with van der Waals surface area (Å²) < 4.78 is 51.7. The highest BCUT2D eigenvalue weighted by Gasteiger charge is 2.46. The van der Waals surface area contributed by atoms with Crippen molar-refractivity contribution < 1.29 is 52.0 Å². The molecule has 1 fully saturated rings. The number of imidazole rings is 1. The first-order chi connectivity index (χ1) is 21.6. The minimum absolute atomic E-state index is 0.0125. The monoisotopic (exact) mass is 722 g/mol. The molecule has 0 aliphatic carbocycles. The molecule has 0 saturated carbocycles. The molecule has 3 aromatic heterocycles. The van der Waals surface area contributed by atoms with E-state index in [0.29, 0.717) is 0 Å². The molecule has 6 heterocycles. The Labute approximate surface area is 266 Å². The number of H-pyrrole nitrogens is 1. The second kappa shape index (κ2) is 12.1. The van der Waals surface area contributed by atoms with Gasteiger partial charge in [-0.15, -0.1) is 25.3 Å². The van der Waals surface area contributed by atoms with Gasteiger partial charge >= 0.3 is 15.6 Å². The van der Waals surface area contributed by atoms with Crippen molar-refractivity contribution >= 4 is 75.3 Å². The van der Waals surface area contributed by atoms with E-state index in [1.54, 1.807) is 0 Å². The zero-order chi connectivity index (χ0) is 33.1. The number of nitrogens with zero attached hydrogens (tertiary/aromatic N) is 5. The van der Waals surface area contributed by atoms with Gasteiger partial charge in [-0.2, -0.15) is 9.29 Å². The molecule has 22 nitrogen and oxygen atoms in total. The summed E-state index contributed by atoms with van der Waals surface area (Å²) in [5.74, 6) is -0.114. The van der Waals surface area contributed by atoms with Gasteiger partial charge < -0.3 is 51.6 Å². The predicted octanol–water partition coefficient (Wildman–Crippen LogP) is -0.879. The third-order valence-electron chi connectivity index (χ3n) is 6.69. The van der Waals surface area contributed by atoms with E-state index in [9.17, 15) is 33.9 Å². The van der Waals surface area contributed by atoms with Gasteiger partial charge in [-0.1, -0.05) is 0 Å². The molecule has 0 amide bonds. The lowest BCUT2D eigenvalue weighted by molar-refractivity contribution is -0.0504. The van der Waals surface area contributed by atoms with E-state index in [1.807, 2.05) is 0 Å². The largest absolute Gasteiger partial charge is 0.481 e. The van der Waals surface area contributed by atoms with Crippen LogP contribution in [0, 0.1) is 0 Å². The average molecular weight is 723 g/mol. The number of aliphatic hydroxyl groups excluding tert-OH is 2. The van der Waals surface area contributed by atoms with Crippen LogP contribution in [0.3, 0.4) is 0 Å². The Morgan fingerprint density at radius 1 is 1.04 bits per heavy atom. The van der Waals surface area contributed by atoms with Crippen molar-refractivity contribution in [1.82, 2.24) is 29.5 Å². The van der Waals surface area contributed by atoms with Crippen LogP contribution in [0.5, 0.6) is 0 Å². The SMILES string of the molecule is Nc1nc2c(c(=O)[nH]1)NC1=C(N2)OC(COP(=O)(O)OP(=O)(O)OC[C@H]2O[C@@H](n3cnc4c(N)ncnc43)[C@H](O)[C@@H]2O)C(S)=C1S. The van der Waals surface area contributed by atoms with E-state index in [4.69, 9.17) is 30.0 Å². The summed E-state index contributed by atoms with van der Waals surface area (Å²) >= 11 is 8.67. The van der Waals surface area contributed by atoms with E-state index in [0.717, 1.165) is 6.33 Å². The highest BCUT2D eigenvalue weighted by molar-refractivity contribution is 7.88. The zero-order valence-electron chi connectivity index (χ0n) is 22.7. The molecule has 0 radical (unpaired) electrons. The van der Waals surface area contributed by atoms with Gasteiger partial charge in [0.05, 0.1) is 12.9 Å². The van der Waals surface area contributed by atoms with E-state index in [2.05, 4.69) is 65.1 Å². The van der Waals surface area contributed by atoms with Crippen molar-refractivity contribution in [1.29, 1.82) is 0 Å². The fourth-order valence-corrected chi connectivity index (χ4v) is 7.18. The quantitative estimate of drug-likeness (QED) is 0.0943. The fraction of sp³-hybridized carbons (Fsp3) is 0.350. The van der Waals surface area contributed by atoms with Crippen LogP contribution in [-0.4, -0.2) is 87.1 Å². The third kappa shape index (κ3) is 6.22. The molecule has 11 N–H and O–H groups in total. The molecule has 1 saturated heterocycles. The molecule has 3 unspecified atom stereocenters. The van der Waals surface area contributed by atoms with Crippen LogP contribution in [-0.2, 0) is 32.0 Å². The first-order valence-electron chi connectivity index (χ1n) is 12.7. The number of phosphoric ester groups is 2. The fourth-order valence-electron chi connectivity index (χ4n) is 4.56. The lowest BCUT2D eigenvalue weighted by atomic mass is 10.1. The number of nitrogens with two attached hydrogens (primary N) is 2. The van der Waals surface area contributed by atoms with Gasteiger partial charge in [-0.25, -0.2) is 24.1 Å². The van der Waals surface area contributed by atoms with Crippen LogP contribution in [0.2, 0.25) is 0 Å². The molecule has 3 aliphatic rings. The second-order valence-electron chi connectivity index (χ2n) is 9.71. The first-order valence-corrected chi connectivity index (χ1v) is 16.6. The van der Waals surface area contributed by atoms with Crippen molar-refractivity contribution in [3.63, 3.8) is 0 Å². The Morgan fingerprint density at radius 2 is 1.76 bits per heavy atom. The molecule has 0 aromatic carbocycles. The third-order valence-corrected chi connectivity index (χ3v) is 10.4. The van der Waals surface area contributed by atoms with E-state index >= 15 is 0 Å². The Kier molecular flexibility index (Phi) is 8.58. The lowest BCUT2D eigenvalue weighted by Gasteiger charge is -2.33. The first kappa shape index (κ1) is 32.7.